The van der Waals surface area contributed by atoms with Crippen molar-refractivity contribution in [1.29, 1.82) is 0 Å². The SMILES string of the molecule is CC.CC.CC.CCCOCC(C)CC(C)CN1CCC(OC2CC(NC(=O)CN3CCN(CCOC)CC3)C2)CC1. The van der Waals surface area contributed by atoms with Crippen molar-refractivity contribution in [3.05, 3.63) is 0 Å². The highest BCUT2D eigenvalue weighted by Crippen LogP contribution is 2.28. The maximum absolute atomic E-state index is 12.5. The fraction of sp³-hybridized carbons (Fsp3) is 0.971. The van der Waals surface area contributed by atoms with Gasteiger partial charge in [-0.1, -0.05) is 62.3 Å². The molecule has 0 radical (unpaired) electrons. The lowest BCUT2D eigenvalue weighted by molar-refractivity contribution is -0.127. The second-order valence-electron chi connectivity index (χ2n) is 11.6. The Kier molecular flexibility index (Phi) is 26.1. The standard InChI is InChI=1S/C28H54N4O4.3C2H6/c1-5-15-35-22-24(3)17-23(2)20-31-8-6-26(7-9-31)36-27-18-25(19-27)29-28(33)21-32-12-10-30(11-13-32)14-16-34-4;3*1-2/h23-27H,5-22H2,1-4H3,(H,29,33);3*1-2H3. The molecule has 3 aliphatic rings. The Morgan fingerprint density at radius 2 is 1.40 bits per heavy atom. The molecule has 2 saturated heterocycles. The molecule has 0 bridgehead atoms. The zero-order valence-corrected chi connectivity index (χ0v) is 29.6. The van der Waals surface area contributed by atoms with Gasteiger partial charge in [-0.2, -0.15) is 0 Å². The third-order valence-corrected chi connectivity index (χ3v) is 7.95. The van der Waals surface area contributed by atoms with Crippen LogP contribution in [-0.4, -0.2) is 125 Å². The first kappa shape index (κ1) is 41.2. The molecular formula is C34H72N4O4. The molecule has 0 aromatic rings. The van der Waals surface area contributed by atoms with Crippen molar-refractivity contribution in [2.75, 3.05) is 85.8 Å². The first-order chi connectivity index (χ1) is 20.4. The molecule has 1 N–H and O–H groups in total. The van der Waals surface area contributed by atoms with Crippen molar-refractivity contribution in [2.45, 2.75) is 119 Å². The Labute approximate surface area is 261 Å². The summed E-state index contributed by atoms with van der Waals surface area (Å²) in [5, 5.41) is 3.23. The molecule has 3 rings (SSSR count). The quantitative estimate of drug-likeness (QED) is 0.233. The first-order valence-electron chi connectivity index (χ1n) is 17.6. The molecule has 8 heteroatoms. The highest BCUT2D eigenvalue weighted by atomic mass is 16.5. The number of ether oxygens (including phenoxy) is 3. The minimum absolute atomic E-state index is 0.164. The van der Waals surface area contributed by atoms with Crippen LogP contribution in [0.2, 0.25) is 0 Å². The predicted molar refractivity (Wildman–Crippen MR) is 178 cm³/mol. The average Bonchev–Trinajstić information content (AvgIpc) is 2.99. The maximum Gasteiger partial charge on any atom is 0.234 e. The van der Waals surface area contributed by atoms with Gasteiger partial charge in [0.25, 0.3) is 0 Å². The molecule has 0 aromatic carbocycles. The maximum atomic E-state index is 12.5. The summed E-state index contributed by atoms with van der Waals surface area (Å²) in [6.07, 6.45) is 7.23. The normalized spacial score (nSPS) is 23.1. The van der Waals surface area contributed by atoms with Gasteiger partial charge in [-0.05, 0) is 50.4 Å². The molecule has 0 aromatic heterocycles. The average molecular weight is 601 g/mol. The van der Waals surface area contributed by atoms with E-state index in [1.54, 1.807) is 7.11 Å². The van der Waals surface area contributed by atoms with Crippen molar-refractivity contribution in [3.8, 4) is 0 Å². The predicted octanol–water partition coefficient (Wildman–Crippen LogP) is 5.55. The van der Waals surface area contributed by atoms with E-state index >= 15 is 0 Å². The summed E-state index contributed by atoms with van der Waals surface area (Å²) >= 11 is 0. The van der Waals surface area contributed by atoms with E-state index in [0.29, 0.717) is 30.6 Å². The number of rotatable bonds is 16. The third-order valence-electron chi connectivity index (χ3n) is 7.95. The van der Waals surface area contributed by atoms with Crippen LogP contribution in [0.3, 0.4) is 0 Å². The third kappa shape index (κ3) is 18.1. The van der Waals surface area contributed by atoms with Crippen LogP contribution in [0.25, 0.3) is 0 Å². The summed E-state index contributed by atoms with van der Waals surface area (Å²) in [7, 11) is 1.75. The molecule has 1 amide bonds. The molecule has 2 heterocycles. The van der Waals surface area contributed by atoms with Gasteiger partial charge in [0.2, 0.25) is 5.91 Å². The molecule has 2 atom stereocenters. The number of hydrogen-bond donors (Lipinski definition) is 1. The van der Waals surface area contributed by atoms with Crippen LogP contribution in [-0.2, 0) is 19.0 Å². The minimum atomic E-state index is 0.164. The number of carbonyl (C=O) groups is 1. The molecule has 252 valence electrons. The molecule has 8 nitrogen and oxygen atoms in total. The molecule has 1 saturated carbocycles. The van der Waals surface area contributed by atoms with Crippen LogP contribution >= 0.6 is 0 Å². The smallest absolute Gasteiger partial charge is 0.234 e. The number of amides is 1. The van der Waals surface area contributed by atoms with E-state index < -0.39 is 0 Å². The van der Waals surface area contributed by atoms with Crippen molar-refractivity contribution in [3.63, 3.8) is 0 Å². The number of nitrogens with zero attached hydrogens (tertiary/aromatic N) is 3. The zero-order chi connectivity index (χ0) is 31.8. The van der Waals surface area contributed by atoms with Gasteiger partial charge >= 0.3 is 0 Å². The van der Waals surface area contributed by atoms with E-state index in [2.05, 4.69) is 40.8 Å². The summed E-state index contributed by atoms with van der Waals surface area (Å²) in [5.74, 6) is 1.51. The second-order valence-corrected chi connectivity index (χ2v) is 11.6. The summed E-state index contributed by atoms with van der Waals surface area (Å²) < 4.78 is 17.3. The van der Waals surface area contributed by atoms with Crippen LogP contribution in [0.15, 0.2) is 0 Å². The van der Waals surface area contributed by atoms with Gasteiger partial charge in [-0.25, -0.2) is 0 Å². The number of likely N-dealkylation sites (tertiary alicyclic amines) is 1. The van der Waals surface area contributed by atoms with E-state index in [4.69, 9.17) is 14.2 Å². The Hall–Kier alpha value is -0.770. The number of nitrogens with one attached hydrogen (secondary N) is 1. The van der Waals surface area contributed by atoms with Gasteiger partial charge in [-0.15, -0.1) is 0 Å². The lowest BCUT2D eigenvalue weighted by Gasteiger charge is -2.41. The van der Waals surface area contributed by atoms with E-state index in [1.165, 1.54) is 13.0 Å². The van der Waals surface area contributed by atoms with Gasteiger partial charge in [0.05, 0.1) is 25.4 Å². The molecule has 2 unspecified atom stereocenters. The number of piperazine rings is 1. The zero-order valence-electron chi connectivity index (χ0n) is 29.6. The topological polar surface area (TPSA) is 66.5 Å². The van der Waals surface area contributed by atoms with Crippen molar-refractivity contribution in [1.82, 2.24) is 20.0 Å². The van der Waals surface area contributed by atoms with Crippen LogP contribution in [0.4, 0.5) is 0 Å². The minimum Gasteiger partial charge on any atom is -0.383 e. The van der Waals surface area contributed by atoms with Crippen LogP contribution in [0.5, 0.6) is 0 Å². The van der Waals surface area contributed by atoms with E-state index in [1.807, 2.05) is 41.5 Å². The van der Waals surface area contributed by atoms with Gasteiger partial charge in [0.15, 0.2) is 0 Å². The summed E-state index contributed by atoms with van der Waals surface area (Å²) in [6.45, 7) is 30.3. The summed E-state index contributed by atoms with van der Waals surface area (Å²) in [6, 6.07) is 0.287. The highest BCUT2D eigenvalue weighted by Gasteiger charge is 2.34. The molecular weight excluding hydrogens is 528 g/mol. The number of methoxy groups -OCH3 is 1. The van der Waals surface area contributed by atoms with Crippen LogP contribution in [0.1, 0.15) is 101 Å². The molecule has 0 spiro atoms. The van der Waals surface area contributed by atoms with Crippen molar-refractivity contribution < 1.29 is 19.0 Å². The van der Waals surface area contributed by atoms with Crippen molar-refractivity contribution in [2.24, 2.45) is 11.8 Å². The molecule has 3 fully saturated rings. The highest BCUT2D eigenvalue weighted by molar-refractivity contribution is 5.78. The van der Waals surface area contributed by atoms with Gasteiger partial charge in [0, 0.05) is 78.7 Å². The Bertz CT molecular complexity index is 604. The van der Waals surface area contributed by atoms with E-state index in [-0.39, 0.29) is 11.9 Å². The van der Waals surface area contributed by atoms with Crippen LogP contribution < -0.4 is 5.32 Å². The Balaban J connectivity index is 0.00000263. The molecule has 42 heavy (non-hydrogen) atoms. The first-order valence-corrected chi connectivity index (χ1v) is 17.6. The van der Waals surface area contributed by atoms with Gasteiger partial charge in [-0.3, -0.25) is 14.6 Å². The lowest BCUT2D eigenvalue weighted by atomic mass is 9.88. The lowest BCUT2D eigenvalue weighted by Crippen LogP contribution is -2.54. The van der Waals surface area contributed by atoms with E-state index in [9.17, 15) is 4.79 Å². The fourth-order valence-corrected chi connectivity index (χ4v) is 5.86. The largest absolute Gasteiger partial charge is 0.383 e. The molecule has 1 aliphatic carbocycles. The number of hydrogen-bond acceptors (Lipinski definition) is 7. The summed E-state index contributed by atoms with van der Waals surface area (Å²) in [5.41, 5.74) is 0. The Morgan fingerprint density at radius 3 is 1.98 bits per heavy atom. The molecule has 2 aliphatic heterocycles. The number of piperidine rings is 1. The summed E-state index contributed by atoms with van der Waals surface area (Å²) in [4.78, 5) is 19.8. The van der Waals surface area contributed by atoms with Gasteiger partial charge < -0.3 is 24.4 Å². The monoisotopic (exact) mass is 601 g/mol. The second kappa shape index (κ2) is 26.6. The van der Waals surface area contributed by atoms with Crippen LogP contribution in [0, 0.1) is 11.8 Å². The van der Waals surface area contributed by atoms with Gasteiger partial charge in [0.1, 0.15) is 0 Å². The Morgan fingerprint density at radius 1 is 0.810 bits per heavy atom. The fourth-order valence-electron chi connectivity index (χ4n) is 5.86. The van der Waals surface area contributed by atoms with E-state index in [0.717, 1.165) is 97.7 Å². The van der Waals surface area contributed by atoms with Crippen molar-refractivity contribution >= 4 is 5.91 Å². The number of carbonyl (C=O) groups excluding carboxylic acids is 1.